The zero-order valence-electron chi connectivity index (χ0n) is 12.8. The zero-order chi connectivity index (χ0) is 13.3. The van der Waals surface area contributed by atoms with Gasteiger partial charge in [-0.15, -0.1) is 0 Å². The quantitative estimate of drug-likeness (QED) is 0.779. The molecule has 1 N–H and O–H groups in total. The van der Waals surface area contributed by atoms with Crippen LogP contribution in [0.15, 0.2) is 0 Å². The third-order valence-corrected chi connectivity index (χ3v) is 6.21. The molecule has 1 spiro atoms. The molecule has 3 aliphatic carbocycles. The van der Waals surface area contributed by atoms with E-state index in [1.807, 2.05) is 0 Å². The van der Waals surface area contributed by atoms with Crippen molar-refractivity contribution in [2.45, 2.75) is 89.8 Å². The van der Waals surface area contributed by atoms with Gasteiger partial charge >= 0.3 is 0 Å². The topological polar surface area (TPSA) is 21.3 Å². The van der Waals surface area contributed by atoms with Gasteiger partial charge < -0.3 is 10.1 Å². The molecule has 2 nitrogen and oxygen atoms in total. The molecule has 0 bridgehead atoms. The summed E-state index contributed by atoms with van der Waals surface area (Å²) in [5.41, 5.74) is 0.530. The zero-order valence-corrected chi connectivity index (χ0v) is 12.8. The highest BCUT2D eigenvalue weighted by molar-refractivity contribution is 5.12. The normalized spacial score (nSPS) is 41.4. The minimum Gasteiger partial charge on any atom is -0.378 e. The molecule has 3 fully saturated rings. The van der Waals surface area contributed by atoms with Crippen LogP contribution < -0.4 is 5.32 Å². The Kier molecular flexibility index (Phi) is 4.19. The smallest absolute Gasteiger partial charge is 0.0661 e. The van der Waals surface area contributed by atoms with Gasteiger partial charge in [-0.2, -0.15) is 0 Å². The van der Waals surface area contributed by atoms with Gasteiger partial charge in [-0.25, -0.2) is 0 Å². The molecule has 3 saturated carbocycles. The highest BCUT2D eigenvalue weighted by atomic mass is 16.5. The van der Waals surface area contributed by atoms with Crippen molar-refractivity contribution >= 4 is 0 Å². The van der Waals surface area contributed by atoms with Crippen LogP contribution in [-0.4, -0.2) is 24.8 Å². The molecule has 0 radical (unpaired) electrons. The van der Waals surface area contributed by atoms with E-state index >= 15 is 0 Å². The van der Waals surface area contributed by atoms with Crippen molar-refractivity contribution in [1.82, 2.24) is 5.32 Å². The second-order valence-electron chi connectivity index (χ2n) is 7.21. The van der Waals surface area contributed by atoms with Crippen LogP contribution in [-0.2, 0) is 4.74 Å². The first kappa shape index (κ1) is 13.9. The Labute approximate surface area is 118 Å². The number of rotatable bonds is 4. The van der Waals surface area contributed by atoms with Crippen molar-refractivity contribution in [1.29, 1.82) is 0 Å². The van der Waals surface area contributed by atoms with Crippen LogP contribution in [0.5, 0.6) is 0 Å². The summed E-state index contributed by atoms with van der Waals surface area (Å²) >= 11 is 0. The van der Waals surface area contributed by atoms with Gasteiger partial charge in [0.05, 0.1) is 6.10 Å². The van der Waals surface area contributed by atoms with Gasteiger partial charge in [0, 0.05) is 24.1 Å². The summed E-state index contributed by atoms with van der Waals surface area (Å²) < 4.78 is 5.97. The second kappa shape index (κ2) is 5.73. The minimum absolute atomic E-state index is 0.530. The maximum atomic E-state index is 5.97. The molecule has 0 amide bonds. The van der Waals surface area contributed by atoms with Crippen molar-refractivity contribution in [3.63, 3.8) is 0 Å². The molecule has 4 unspecified atom stereocenters. The SMILES string of the molecule is CCOC1CC(NC2CCCCCC2C)C12CCC2. The van der Waals surface area contributed by atoms with E-state index in [-0.39, 0.29) is 0 Å². The summed E-state index contributed by atoms with van der Waals surface area (Å²) in [4.78, 5) is 0. The van der Waals surface area contributed by atoms with Crippen molar-refractivity contribution < 1.29 is 4.74 Å². The Morgan fingerprint density at radius 2 is 1.89 bits per heavy atom. The predicted molar refractivity (Wildman–Crippen MR) is 79.3 cm³/mol. The van der Waals surface area contributed by atoms with Gasteiger partial charge in [-0.3, -0.25) is 0 Å². The van der Waals surface area contributed by atoms with Gasteiger partial charge in [0.25, 0.3) is 0 Å². The monoisotopic (exact) mass is 265 g/mol. The Morgan fingerprint density at radius 1 is 1.11 bits per heavy atom. The number of hydrogen-bond acceptors (Lipinski definition) is 2. The van der Waals surface area contributed by atoms with Crippen molar-refractivity contribution in [2.24, 2.45) is 11.3 Å². The molecule has 0 aromatic heterocycles. The molecule has 3 aliphatic rings. The lowest BCUT2D eigenvalue weighted by Gasteiger charge is -2.62. The highest BCUT2D eigenvalue weighted by Crippen LogP contribution is 2.57. The summed E-state index contributed by atoms with van der Waals surface area (Å²) in [6.07, 6.45) is 13.2. The van der Waals surface area contributed by atoms with Crippen LogP contribution in [0, 0.1) is 11.3 Å². The van der Waals surface area contributed by atoms with E-state index in [9.17, 15) is 0 Å². The molecule has 0 aromatic carbocycles. The molecule has 110 valence electrons. The maximum Gasteiger partial charge on any atom is 0.0661 e. The standard InChI is InChI=1S/C17H31NO/c1-3-19-16-12-15(17(16)10-7-11-17)18-14-9-6-4-5-8-13(14)2/h13-16,18H,3-12H2,1-2H3. The Hall–Kier alpha value is -0.0800. The molecule has 19 heavy (non-hydrogen) atoms. The molecular formula is C17H31NO. The van der Waals surface area contributed by atoms with E-state index in [0.717, 1.165) is 24.6 Å². The van der Waals surface area contributed by atoms with Gasteiger partial charge in [0.2, 0.25) is 0 Å². The van der Waals surface area contributed by atoms with Crippen LogP contribution in [0.2, 0.25) is 0 Å². The molecule has 3 rings (SSSR count). The largest absolute Gasteiger partial charge is 0.378 e. The molecule has 2 heteroatoms. The van der Waals surface area contributed by atoms with Crippen LogP contribution in [0.25, 0.3) is 0 Å². The molecular weight excluding hydrogens is 234 g/mol. The van der Waals surface area contributed by atoms with E-state index in [0.29, 0.717) is 11.5 Å². The minimum atomic E-state index is 0.530. The second-order valence-corrected chi connectivity index (χ2v) is 7.21. The number of nitrogens with one attached hydrogen (secondary N) is 1. The summed E-state index contributed by atoms with van der Waals surface area (Å²) in [5.74, 6) is 0.866. The van der Waals surface area contributed by atoms with Crippen molar-refractivity contribution in [3.8, 4) is 0 Å². The first-order valence-corrected chi connectivity index (χ1v) is 8.64. The molecule has 0 aliphatic heterocycles. The lowest BCUT2D eigenvalue weighted by atomic mass is 9.50. The van der Waals surface area contributed by atoms with E-state index in [4.69, 9.17) is 4.74 Å². The third-order valence-electron chi connectivity index (χ3n) is 6.21. The first-order valence-electron chi connectivity index (χ1n) is 8.64. The Bertz CT molecular complexity index is 300. The number of hydrogen-bond donors (Lipinski definition) is 1. The first-order chi connectivity index (χ1) is 9.26. The van der Waals surface area contributed by atoms with Crippen LogP contribution in [0.4, 0.5) is 0 Å². The van der Waals surface area contributed by atoms with E-state index in [1.54, 1.807) is 0 Å². The molecule has 0 aromatic rings. The van der Waals surface area contributed by atoms with Crippen molar-refractivity contribution in [2.75, 3.05) is 6.61 Å². The average Bonchev–Trinajstić information content (AvgIpc) is 2.51. The van der Waals surface area contributed by atoms with Crippen LogP contribution in [0.1, 0.15) is 71.6 Å². The van der Waals surface area contributed by atoms with Gasteiger partial charge in [-0.1, -0.05) is 32.6 Å². The van der Waals surface area contributed by atoms with E-state index < -0.39 is 0 Å². The summed E-state index contributed by atoms with van der Waals surface area (Å²) in [6, 6.07) is 1.52. The third kappa shape index (κ3) is 2.47. The highest BCUT2D eigenvalue weighted by Gasteiger charge is 2.59. The summed E-state index contributed by atoms with van der Waals surface area (Å²) in [5, 5.41) is 4.05. The lowest BCUT2D eigenvalue weighted by molar-refractivity contribution is -0.175. The van der Waals surface area contributed by atoms with Crippen molar-refractivity contribution in [3.05, 3.63) is 0 Å². The van der Waals surface area contributed by atoms with Gasteiger partial charge in [0.1, 0.15) is 0 Å². The van der Waals surface area contributed by atoms with Crippen LogP contribution in [0.3, 0.4) is 0 Å². The Balaban J connectivity index is 1.58. The Morgan fingerprint density at radius 3 is 2.58 bits per heavy atom. The predicted octanol–water partition coefficient (Wildman–Crippen LogP) is 3.89. The van der Waals surface area contributed by atoms with Gasteiger partial charge in [0.15, 0.2) is 0 Å². The number of ether oxygens (including phenoxy) is 1. The molecule has 4 atom stereocenters. The van der Waals surface area contributed by atoms with E-state index in [1.165, 1.54) is 57.8 Å². The fourth-order valence-electron chi connectivity index (χ4n) is 4.67. The molecule has 0 heterocycles. The summed E-state index contributed by atoms with van der Waals surface area (Å²) in [7, 11) is 0. The fourth-order valence-corrected chi connectivity index (χ4v) is 4.67. The van der Waals surface area contributed by atoms with Crippen LogP contribution >= 0.6 is 0 Å². The maximum absolute atomic E-state index is 5.97. The van der Waals surface area contributed by atoms with E-state index in [2.05, 4.69) is 19.2 Å². The lowest BCUT2D eigenvalue weighted by Crippen LogP contribution is -2.68. The summed E-state index contributed by atoms with van der Waals surface area (Å²) in [6.45, 7) is 5.48. The fraction of sp³-hybridized carbons (Fsp3) is 1.00. The van der Waals surface area contributed by atoms with Gasteiger partial charge in [-0.05, 0) is 44.9 Å². The molecule has 0 saturated heterocycles. The average molecular weight is 265 g/mol.